The summed E-state index contributed by atoms with van der Waals surface area (Å²) in [6.45, 7) is 3.58. The van der Waals surface area contributed by atoms with Crippen LogP contribution < -0.4 is 5.32 Å². The molecular formula is C12H15N3O3. The van der Waals surface area contributed by atoms with Crippen molar-refractivity contribution in [3.05, 3.63) is 33.9 Å². The molecule has 0 amide bonds. The highest BCUT2D eigenvalue weighted by molar-refractivity contribution is 5.58. The summed E-state index contributed by atoms with van der Waals surface area (Å²) in [6, 6.07) is 6.11. The summed E-state index contributed by atoms with van der Waals surface area (Å²) in [7, 11) is 0. The van der Waals surface area contributed by atoms with Gasteiger partial charge in [-0.15, -0.1) is 0 Å². The molecule has 2 atom stereocenters. The molecule has 6 heteroatoms. The number of nitro benzene ring substituents is 1. The number of aliphatic hydroxyl groups is 1. The third kappa shape index (κ3) is 3.71. The van der Waals surface area contributed by atoms with Gasteiger partial charge < -0.3 is 10.4 Å². The van der Waals surface area contributed by atoms with Crippen molar-refractivity contribution in [3.63, 3.8) is 0 Å². The van der Waals surface area contributed by atoms with Crippen molar-refractivity contribution in [2.45, 2.75) is 32.4 Å². The van der Waals surface area contributed by atoms with E-state index in [1.54, 1.807) is 19.1 Å². The Morgan fingerprint density at radius 2 is 2.22 bits per heavy atom. The zero-order valence-electron chi connectivity index (χ0n) is 10.3. The molecule has 1 aromatic rings. The second-order valence-corrected chi connectivity index (χ2v) is 4.23. The fraction of sp³-hybridized carbons (Fsp3) is 0.417. The second-order valence-electron chi connectivity index (χ2n) is 4.23. The maximum Gasteiger partial charge on any atom is 0.287 e. The molecule has 0 saturated carbocycles. The molecule has 0 radical (unpaired) electrons. The second kappa shape index (κ2) is 5.98. The van der Waals surface area contributed by atoms with Crippen molar-refractivity contribution in [1.29, 1.82) is 5.26 Å². The summed E-state index contributed by atoms with van der Waals surface area (Å²) in [5.74, 6) is 0. The largest absolute Gasteiger partial charge is 0.393 e. The Morgan fingerprint density at radius 1 is 1.56 bits per heavy atom. The monoisotopic (exact) mass is 249 g/mol. The van der Waals surface area contributed by atoms with Crippen molar-refractivity contribution in [1.82, 2.24) is 0 Å². The molecule has 0 saturated heterocycles. The maximum absolute atomic E-state index is 10.7. The van der Waals surface area contributed by atoms with Crippen LogP contribution in [0, 0.1) is 21.4 Å². The molecule has 0 aliphatic carbocycles. The van der Waals surface area contributed by atoms with Crippen LogP contribution in [-0.4, -0.2) is 22.2 Å². The van der Waals surface area contributed by atoms with Gasteiger partial charge in [0.2, 0.25) is 0 Å². The fourth-order valence-electron chi connectivity index (χ4n) is 1.73. The van der Waals surface area contributed by atoms with Crippen molar-refractivity contribution in [2.24, 2.45) is 0 Å². The van der Waals surface area contributed by atoms with Crippen LogP contribution in [0.3, 0.4) is 0 Å². The van der Waals surface area contributed by atoms with E-state index >= 15 is 0 Å². The highest BCUT2D eigenvalue weighted by atomic mass is 16.6. The smallest absolute Gasteiger partial charge is 0.287 e. The predicted octanol–water partition coefficient (Wildman–Crippen LogP) is 2.04. The fourth-order valence-corrected chi connectivity index (χ4v) is 1.73. The van der Waals surface area contributed by atoms with Crippen LogP contribution in [-0.2, 0) is 0 Å². The molecule has 1 aromatic carbocycles. The summed E-state index contributed by atoms with van der Waals surface area (Å²) in [5, 5.41) is 31.8. The van der Waals surface area contributed by atoms with Gasteiger partial charge in [0.25, 0.3) is 5.69 Å². The van der Waals surface area contributed by atoms with Crippen LogP contribution in [0.2, 0.25) is 0 Å². The Kier molecular flexibility index (Phi) is 4.63. The minimum atomic E-state index is -0.582. The summed E-state index contributed by atoms with van der Waals surface area (Å²) in [4.78, 5) is 10.1. The van der Waals surface area contributed by atoms with Crippen LogP contribution in [0.15, 0.2) is 18.2 Å². The summed E-state index contributed by atoms with van der Waals surface area (Å²) >= 11 is 0. The number of benzene rings is 1. The Labute approximate surface area is 105 Å². The number of hydrogen-bond acceptors (Lipinski definition) is 5. The van der Waals surface area contributed by atoms with Gasteiger partial charge in [0, 0.05) is 17.8 Å². The van der Waals surface area contributed by atoms with Crippen molar-refractivity contribution < 1.29 is 10.0 Å². The Morgan fingerprint density at radius 3 is 2.72 bits per heavy atom. The molecule has 96 valence electrons. The van der Waals surface area contributed by atoms with Crippen LogP contribution in [0.5, 0.6) is 0 Å². The standard InChI is InChI=1S/C12H15N3O3/c1-8(5-9(2)16)14-11-3-4-12(15(17)18)10(6-11)7-13/h3-4,6,8-9,14,16H,5H2,1-2H3. The van der Waals surface area contributed by atoms with Gasteiger partial charge in [-0.2, -0.15) is 5.26 Å². The normalized spacial score (nSPS) is 13.4. The molecule has 0 fully saturated rings. The summed E-state index contributed by atoms with van der Waals surface area (Å²) in [6.07, 6.45) is 0.125. The lowest BCUT2D eigenvalue weighted by molar-refractivity contribution is -0.385. The molecule has 2 N–H and O–H groups in total. The lowest BCUT2D eigenvalue weighted by Gasteiger charge is -2.16. The SMILES string of the molecule is CC(O)CC(C)Nc1ccc([N+](=O)[O-])c(C#N)c1. The molecule has 0 aromatic heterocycles. The van der Waals surface area contributed by atoms with E-state index in [2.05, 4.69) is 5.32 Å². The number of rotatable bonds is 5. The van der Waals surface area contributed by atoms with E-state index in [0.717, 1.165) is 0 Å². The average Bonchev–Trinajstić information content (AvgIpc) is 2.27. The molecular weight excluding hydrogens is 234 g/mol. The maximum atomic E-state index is 10.7. The number of nitro groups is 1. The first kappa shape index (κ1) is 13.9. The highest BCUT2D eigenvalue weighted by Crippen LogP contribution is 2.22. The van der Waals surface area contributed by atoms with E-state index in [-0.39, 0.29) is 17.3 Å². The van der Waals surface area contributed by atoms with Crippen LogP contribution in [0.1, 0.15) is 25.8 Å². The van der Waals surface area contributed by atoms with E-state index in [1.807, 2.05) is 6.92 Å². The van der Waals surface area contributed by atoms with Gasteiger partial charge in [-0.05, 0) is 32.4 Å². The van der Waals surface area contributed by atoms with Gasteiger partial charge in [-0.25, -0.2) is 0 Å². The first-order valence-corrected chi connectivity index (χ1v) is 5.57. The first-order chi connectivity index (χ1) is 8.43. The predicted molar refractivity (Wildman–Crippen MR) is 67.2 cm³/mol. The zero-order chi connectivity index (χ0) is 13.7. The number of nitrogens with one attached hydrogen (secondary N) is 1. The lowest BCUT2D eigenvalue weighted by Crippen LogP contribution is -2.20. The number of aliphatic hydroxyl groups excluding tert-OH is 1. The first-order valence-electron chi connectivity index (χ1n) is 5.57. The van der Waals surface area contributed by atoms with Gasteiger partial charge in [0.1, 0.15) is 11.6 Å². The summed E-state index contributed by atoms with van der Waals surface area (Å²) in [5.41, 5.74) is 0.450. The highest BCUT2D eigenvalue weighted by Gasteiger charge is 2.14. The van der Waals surface area contributed by atoms with Crippen molar-refractivity contribution in [2.75, 3.05) is 5.32 Å². The molecule has 2 unspecified atom stereocenters. The number of anilines is 1. The van der Waals surface area contributed by atoms with Crippen molar-refractivity contribution >= 4 is 11.4 Å². The summed E-state index contributed by atoms with van der Waals surface area (Å²) < 4.78 is 0. The third-order valence-corrected chi connectivity index (χ3v) is 2.42. The molecule has 0 bridgehead atoms. The minimum absolute atomic E-state index is 0.0120. The van der Waals surface area contributed by atoms with Gasteiger partial charge in [0.15, 0.2) is 0 Å². The van der Waals surface area contributed by atoms with Gasteiger partial charge >= 0.3 is 0 Å². The Balaban J connectivity index is 2.87. The molecule has 0 spiro atoms. The van der Waals surface area contributed by atoms with Crippen LogP contribution in [0.25, 0.3) is 0 Å². The van der Waals surface area contributed by atoms with Crippen LogP contribution >= 0.6 is 0 Å². The topological polar surface area (TPSA) is 99.2 Å². The van der Waals surface area contributed by atoms with Gasteiger partial charge in [0.05, 0.1) is 11.0 Å². The van der Waals surface area contributed by atoms with E-state index in [4.69, 9.17) is 5.26 Å². The number of nitrogens with zero attached hydrogens (tertiary/aromatic N) is 2. The average molecular weight is 249 g/mol. The van der Waals surface area contributed by atoms with E-state index in [0.29, 0.717) is 12.1 Å². The van der Waals surface area contributed by atoms with E-state index in [1.165, 1.54) is 12.1 Å². The minimum Gasteiger partial charge on any atom is -0.393 e. The molecule has 0 heterocycles. The lowest BCUT2D eigenvalue weighted by atomic mass is 10.1. The Hall–Kier alpha value is -2.13. The number of nitriles is 1. The molecule has 18 heavy (non-hydrogen) atoms. The van der Waals surface area contributed by atoms with Gasteiger partial charge in [-0.1, -0.05) is 0 Å². The molecule has 1 rings (SSSR count). The van der Waals surface area contributed by atoms with E-state index in [9.17, 15) is 15.2 Å². The molecule has 0 aliphatic rings. The zero-order valence-corrected chi connectivity index (χ0v) is 10.3. The molecule has 0 aliphatic heterocycles. The third-order valence-electron chi connectivity index (χ3n) is 2.42. The van der Waals surface area contributed by atoms with E-state index < -0.39 is 11.0 Å². The quantitative estimate of drug-likeness (QED) is 0.614. The van der Waals surface area contributed by atoms with Crippen LogP contribution in [0.4, 0.5) is 11.4 Å². The van der Waals surface area contributed by atoms with Crippen molar-refractivity contribution in [3.8, 4) is 6.07 Å². The number of hydrogen-bond donors (Lipinski definition) is 2. The molecule has 6 nitrogen and oxygen atoms in total. The Bertz CT molecular complexity index is 480. The van der Waals surface area contributed by atoms with Gasteiger partial charge in [-0.3, -0.25) is 10.1 Å².